The number of nitrogens with zero attached hydrogens (tertiary/aromatic N) is 1. The van der Waals surface area contributed by atoms with Gasteiger partial charge in [0.1, 0.15) is 0 Å². The quantitative estimate of drug-likeness (QED) is 0.815. The second kappa shape index (κ2) is 6.01. The minimum Gasteiger partial charge on any atom is -0.245 e. The Morgan fingerprint density at radius 2 is 2.11 bits per heavy atom. The third kappa shape index (κ3) is 3.85. The van der Waals surface area contributed by atoms with Crippen LogP contribution in [0.3, 0.4) is 0 Å². The Balaban J connectivity index is 2.18. The third-order valence-corrected chi connectivity index (χ3v) is 5.99. The minimum absolute atomic E-state index is 0.190. The van der Waals surface area contributed by atoms with E-state index in [1.807, 2.05) is 12.3 Å². The van der Waals surface area contributed by atoms with E-state index in [-0.39, 0.29) is 11.4 Å². The molecule has 0 bridgehead atoms. The molecule has 0 unspecified atom stereocenters. The molecule has 1 aromatic heterocycles. The molecule has 0 amide bonds. The number of aryl methyl sites for hydroxylation is 1. The SMILES string of the molecule is Cc1nc(CNS(=O)(=O)c2ccc(Br)cc2Br)cs1. The van der Waals surface area contributed by atoms with Crippen molar-refractivity contribution in [2.45, 2.75) is 18.4 Å². The van der Waals surface area contributed by atoms with Crippen LogP contribution in [0.5, 0.6) is 0 Å². The predicted molar refractivity (Wildman–Crippen MR) is 82.7 cm³/mol. The number of halogens is 2. The van der Waals surface area contributed by atoms with Crippen LogP contribution in [-0.4, -0.2) is 13.4 Å². The van der Waals surface area contributed by atoms with Crippen molar-refractivity contribution >= 4 is 53.2 Å². The van der Waals surface area contributed by atoms with Crippen LogP contribution < -0.4 is 4.72 Å². The van der Waals surface area contributed by atoms with Gasteiger partial charge >= 0.3 is 0 Å². The van der Waals surface area contributed by atoms with Gasteiger partial charge in [0.05, 0.1) is 22.1 Å². The lowest BCUT2D eigenvalue weighted by Gasteiger charge is -2.07. The number of benzene rings is 1. The van der Waals surface area contributed by atoms with Crippen molar-refractivity contribution in [3.05, 3.63) is 43.2 Å². The summed E-state index contributed by atoms with van der Waals surface area (Å²) < 4.78 is 28.2. The van der Waals surface area contributed by atoms with Gasteiger partial charge in [0, 0.05) is 14.3 Å². The van der Waals surface area contributed by atoms with E-state index >= 15 is 0 Å². The van der Waals surface area contributed by atoms with E-state index in [4.69, 9.17) is 0 Å². The summed E-state index contributed by atoms with van der Waals surface area (Å²) in [5.74, 6) is 0. The van der Waals surface area contributed by atoms with E-state index < -0.39 is 10.0 Å². The smallest absolute Gasteiger partial charge is 0.242 e. The second-order valence-electron chi connectivity index (χ2n) is 3.76. The molecule has 1 N–H and O–H groups in total. The molecule has 0 radical (unpaired) electrons. The average Bonchev–Trinajstić information content (AvgIpc) is 2.72. The zero-order valence-corrected chi connectivity index (χ0v) is 14.7. The molecule has 1 heterocycles. The van der Waals surface area contributed by atoms with Crippen molar-refractivity contribution in [3.8, 4) is 0 Å². The molecule has 19 heavy (non-hydrogen) atoms. The van der Waals surface area contributed by atoms with Gasteiger partial charge < -0.3 is 0 Å². The fourth-order valence-electron chi connectivity index (χ4n) is 1.43. The summed E-state index contributed by atoms with van der Waals surface area (Å²) in [6, 6.07) is 4.93. The van der Waals surface area contributed by atoms with Crippen LogP contribution in [0, 0.1) is 6.92 Å². The number of hydrogen-bond donors (Lipinski definition) is 1. The highest BCUT2D eigenvalue weighted by Gasteiger charge is 2.17. The molecule has 4 nitrogen and oxygen atoms in total. The minimum atomic E-state index is -3.55. The predicted octanol–water partition coefficient (Wildman–Crippen LogP) is 3.46. The molecule has 0 spiro atoms. The first kappa shape index (κ1) is 15.1. The number of nitrogens with one attached hydrogen (secondary N) is 1. The van der Waals surface area contributed by atoms with Crippen LogP contribution >= 0.6 is 43.2 Å². The molecule has 0 fully saturated rings. The number of aromatic nitrogens is 1. The van der Waals surface area contributed by atoms with Crippen molar-refractivity contribution in [1.82, 2.24) is 9.71 Å². The summed E-state index contributed by atoms with van der Waals surface area (Å²) in [4.78, 5) is 4.43. The molecule has 8 heteroatoms. The van der Waals surface area contributed by atoms with E-state index in [9.17, 15) is 8.42 Å². The Hall–Kier alpha value is -0.280. The van der Waals surface area contributed by atoms with Crippen molar-refractivity contribution in [2.24, 2.45) is 0 Å². The summed E-state index contributed by atoms with van der Waals surface area (Å²) in [5, 5.41) is 2.76. The lowest BCUT2D eigenvalue weighted by molar-refractivity contribution is 0.580. The van der Waals surface area contributed by atoms with Crippen LogP contribution in [0.1, 0.15) is 10.7 Å². The maximum atomic E-state index is 12.2. The van der Waals surface area contributed by atoms with E-state index in [0.717, 1.165) is 15.2 Å². The van der Waals surface area contributed by atoms with E-state index in [1.54, 1.807) is 18.2 Å². The fourth-order valence-corrected chi connectivity index (χ4v) is 4.78. The van der Waals surface area contributed by atoms with Gasteiger partial charge in [-0.05, 0) is 41.1 Å². The van der Waals surface area contributed by atoms with Crippen LogP contribution in [0.25, 0.3) is 0 Å². The topological polar surface area (TPSA) is 59.1 Å². The zero-order valence-electron chi connectivity index (χ0n) is 9.85. The molecule has 1 aromatic carbocycles. The van der Waals surface area contributed by atoms with E-state index in [0.29, 0.717) is 4.47 Å². The van der Waals surface area contributed by atoms with Crippen molar-refractivity contribution < 1.29 is 8.42 Å². The Morgan fingerprint density at radius 3 is 2.68 bits per heavy atom. The first-order valence-electron chi connectivity index (χ1n) is 5.24. The summed E-state index contributed by atoms with van der Waals surface area (Å²) in [7, 11) is -3.55. The molecule has 2 rings (SSSR count). The van der Waals surface area contributed by atoms with Crippen molar-refractivity contribution in [3.63, 3.8) is 0 Å². The Kier molecular flexibility index (Phi) is 4.78. The van der Waals surface area contributed by atoms with Crippen LogP contribution in [-0.2, 0) is 16.6 Å². The molecule has 102 valence electrons. The monoisotopic (exact) mass is 424 g/mol. The maximum Gasteiger partial charge on any atom is 0.242 e. The largest absolute Gasteiger partial charge is 0.245 e. The Morgan fingerprint density at radius 1 is 1.37 bits per heavy atom. The lowest BCUT2D eigenvalue weighted by atomic mass is 10.4. The summed E-state index contributed by atoms with van der Waals surface area (Å²) >= 11 is 8.03. The van der Waals surface area contributed by atoms with Gasteiger partial charge in [-0.3, -0.25) is 0 Å². The number of rotatable bonds is 4. The third-order valence-electron chi connectivity index (χ3n) is 2.29. The number of hydrogen-bond acceptors (Lipinski definition) is 4. The number of sulfonamides is 1. The molecule has 0 saturated carbocycles. The van der Waals surface area contributed by atoms with Gasteiger partial charge in [0.15, 0.2) is 0 Å². The molecule has 2 aromatic rings. The van der Waals surface area contributed by atoms with Gasteiger partial charge in [-0.1, -0.05) is 15.9 Å². The van der Waals surface area contributed by atoms with Gasteiger partial charge in [0.2, 0.25) is 10.0 Å². The highest BCUT2D eigenvalue weighted by molar-refractivity contribution is 9.11. The van der Waals surface area contributed by atoms with Gasteiger partial charge in [-0.15, -0.1) is 11.3 Å². The Bertz CT molecular complexity index is 698. The maximum absolute atomic E-state index is 12.2. The lowest BCUT2D eigenvalue weighted by Crippen LogP contribution is -2.23. The molecule has 0 aliphatic heterocycles. The molecular formula is C11H10Br2N2O2S2. The summed E-state index contributed by atoms with van der Waals surface area (Å²) in [6.07, 6.45) is 0. The Labute approximate surface area is 132 Å². The van der Waals surface area contributed by atoms with Crippen LogP contribution in [0.2, 0.25) is 0 Å². The van der Waals surface area contributed by atoms with Crippen molar-refractivity contribution in [1.29, 1.82) is 0 Å². The molecular weight excluding hydrogens is 416 g/mol. The summed E-state index contributed by atoms with van der Waals surface area (Å²) in [5.41, 5.74) is 0.722. The molecule has 0 saturated heterocycles. The van der Waals surface area contributed by atoms with E-state index in [1.165, 1.54) is 11.3 Å². The van der Waals surface area contributed by atoms with Gasteiger partial charge in [-0.2, -0.15) is 0 Å². The first-order chi connectivity index (χ1) is 8.88. The highest BCUT2D eigenvalue weighted by atomic mass is 79.9. The number of thiazole rings is 1. The normalized spacial score (nSPS) is 11.7. The summed E-state index contributed by atoms with van der Waals surface area (Å²) in [6.45, 7) is 2.07. The standard InChI is InChI=1S/C11H10Br2N2O2S2/c1-7-15-9(6-18-7)5-14-19(16,17)11-3-2-8(12)4-10(11)13/h2-4,6,14H,5H2,1H3. The highest BCUT2D eigenvalue weighted by Crippen LogP contribution is 2.25. The average molecular weight is 426 g/mol. The van der Waals surface area contributed by atoms with Crippen LogP contribution in [0.15, 0.2) is 37.4 Å². The zero-order chi connectivity index (χ0) is 14.0. The molecule has 0 aliphatic rings. The fraction of sp³-hybridized carbons (Fsp3) is 0.182. The second-order valence-corrected chi connectivity index (χ2v) is 8.32. The van der Waals surface area contributed by atoms with Gasteiger partial charge in [-0.25, -0.2) is 18.1 Å². The van der Waals surface area contributed by atoms with Gasteiger partial charge in [0.25, 0.3) is 0 Å². The van der Waals surface area contributed by atoms with E-state index in [2.05, 4.69) is 41.6 Å². The molecule has 0 aliphatic carbocycles. The first-order valence-corrected chi connectivity index (χ1v) is 9.19. The van der Waals surface area contributed by atoms with Crippen molar-refractivity contribution in [2.75, 3.05) is 0 Å². The molecule has 0 atom stereocenters. The van der Waals surface area contributed by atoms with Crippen LogP contribution in [0.4, 0.5) is 0 Å².